The lowest BCUT2D eigenvalue weighted by Gasteiger charge is -2.13. The smallest absolute Gasteiger partial charge is 0.0384 e. The Labute approximate surface area is 159 Å². The van der Waals surface area contributed by atoms with Crippen molar-refractivity contribution in [2.45, 2.75) is 87.8 Å². The molecule has 0 aromatic carbocycles. The Balaban J connectivity index is 3.64. The highest BCUT2D eigenvalue weighted by Gasteiger charge is 2.13. The fourth-order valence-corrected chi connectivity index (χ4v) is 3.49. The number of allylic oxidation sites excluding steroid dienone is 6. The van der Waals surface area contributed by atoms with Crippen molar-refractivity contribution in [3.8, 4) is 0 Å². The van der Waals surface area contributed by atoms with Crippen LogP contribution < -0.4 is 0 Å². The van der Waals surface area contributed by atoms with Crippen LogP contribution in [0.2, 0.25) is 0 Å². The molecule has 0 rings (SSSR count). The Morgan fingerprint density at radius 1 is 0.739 bits per heavy atom. The van der Waals surface area contributed by atoms with Crippen molar-refractivity contribution in [3.05, 3.63) is 36.5 Å². The highest BCUT2D eigenvalue weighted by Crippen LogP contribution is 2.20. The number of unbranched alkanes of at least 4 members (excludes halogenated alkanes) is 5. The van der Waals surface area contributed by atoms with E-state index in [-0.39, 0.29) is 16.1 Å². The normalized spacial score (nSPS) is 16.6. The minimum atomic E-state index is 0.0641. The lowest BCUT2D eigenvalue weighted by Crippen LogP contribution is -2.11. The van der Waals surface area contributed by atoms with Crippen LogP contribution in [0.1, 0.15) is 71.6 Å². The Hall–Kier alpha value is 0.0900. The molecule has 134 valence electrons. The maximum atomic E-state index is 6.28. The van der Waals surface area contributed by atoms with Crippen molar-refractivity contribution in [1.82, 2.24) is 0 Å². The standard InChI is InChI=1S/C20H33Cl3/c1-3-4-5-6-7-8-9-10-11-12-13-14-15-19(22)17-20(23)16-18(2)21/h9-14,18-20H,3-8,15-17H2,1-2H3/b10-9+,12-11+,14-13+. The van der Waals surface area contributed by atoms with Gasteiger partial charge in [-0.1, -0.05) is 69.1 Å². The van der Waals surface area contributed by atoms with Crippen molar-refractivity contribution < 1.29 is 0 Å². The van der Waals surface area contributed by atoms with Crippen LogP contribution >= 0.6 is 34.8 Å². The maximum absolute atomic E-state index is 6.28. The van der Waals surface area contributed by atoms with E-state index in [0.717, 1.165) is 19.3 Å². The quantitative estimate of drug-likeness (QED) is 0.163. The number of alkyl halides is 3. The topological polar surface area (TPSA) is 0 Å². The predicted octanol–water partition coefficient (Wildman–Crippen LogP) is 8.03. The Morgan fingerprint density at radius 3 is 2.04 bits per heavy atom. The van der Waals surface area contributed by atoms with Gasteiger partial charge in [-0.05, 0) is 39.0 Å². The SMILES string of the molecule is CCCCCCC/C=C/C=C/C=C/CC(Cl)CC(Cl)CC(C)Cl. The number of hydrogen-bond acceptors (Lipinski definition) is 0. The van der Waals surface area contributed by atoms with Crippen LogP contribution in [0.5, 0.6) is 0 Å². The molecule has 0 aliphatic carbocycles. The second-order valence-corrected chi connectivity index (χ2v) is 8.11. The van der Waals surface area contributed by atoms with Gasteiger partial charge in [0, 0.05) is 16.1 Å². The number of hydrogen-bond donors (Lipinski definition) is 0. The third kappa shape index (κ3) is 18.3. The first-order valence-corrected chi connectivity index (χ1v) is 10.3. The van der Waals surface area contributed by atoms with Crippen LogP contribution in [0.15, 0.2) is 36.5 Å². The molecule has 0 saturated carbocycles. The first kappa shape index (κ1) is 23.1. The minimum Gasteiger partial charge on any atom is -0.123 e. The summed E-state index contributed by atoms with van der Waals surface area (Å²) in [5.74, 6) is 0. The predicted molar refractivity (Wildman–Crippen MR) is 109 cm³/mol. The highest BCUT2D eigenvalue weighted by atomic mass is 35.5. The maximum Gasteiger partial charge on any atom is 0.0384 e. The van der Waals surface area contributed by atoms with Crippen LogP contribution in [0.4, 0.5) is 0 Å². The summed E-state index contributed by atoms with van der Waals surface area (Å²) >= 11 is 18.4. The van der Waals surface area contributed by atoms with Gasteiger partial charge in [-0.25, -0.2) is 0 Å². The van der Waals surface area contributed by atoms with Crippen molar-refractivity contribution in [3.63, 3.8) is 0 Å². The second-order valence-electron chi connectivity index (χ2n) is 6.13. The molecule has 0 aromatic rings. The van der Waals surface area contributed by atoms with Gasteiger partial charge in [0.15, 0.2) is 0 Å². The third-order valence-electron chi connectivity index (χ3n) is 3.56. The summed E-state index contributed by atoms with van der Waals surface area (Å²) in [5.41, 5.74) is 0. The molecule has 3 atom stereocenters. The van der Waals surface area contributed by atoms with E-state index in [4.69, 9.17) is 34.8 Å². The van der Waals surface area contributed by atoms with Gasteiger partial charge in [0.1, 0.15) is 0 Å². The van der Waals surface area contributed by atoms with Crippen LogP contribution in [0.3, 0.4) is 0 Å². The van der Waals surface area contributed by atoms with E-state index in [1.165, 1.54) is 38.5 Å². The monoisotopic (exact) mass is 378 g/mol. The lowest BCUT2D eigenvalue weighted by atomic mass is 10.1. The molecule has 0 spiro atoms. The first-order valence-electron chi connectivity index (χ1n) is 8.96. The zero-order valence-electron chi connectivity index (χ0n) is 14.7. The molecule has 0 fully saturated rings. The highest BCUT2D eigenvalue weighted by molar-refractivity contribution is 6.24. The molecule has 3 unspecified atom stereocenters. The van der Waals surface area contributed by atoms with Gasteiger partial charge in [0.05, 0.1) is 0 Å². The molecule has 0 aromatic heterocycles. The van der Waals surface area contributed by atoms with Gasteiger partial charge in [0.25, 0.3) is 0 Å². The van der Waals surface area contributed by atoms with Gasteiger partial charge in [-0.2, -0.15) is 0 Å². The molecule has 0 aliphatic rings. The molecule has 0 aliphatic heterocycles. The number of halogens is 3. The summed E-state index contributed by atoms with van der Waals surface area (Å²) < 4.78 is 0. The molecule has 23 heavy (non-hydrogen) atoms. The van der Waals surface area contributed by atoms with Crippen LogP contribution in [-0.2, 0) is 0 Å². The second kappa shape index (κ2) is 16.9. The fourth-order valence-electron chi connectivity index (χ4n) is 2.30. The molecular weight excluding hydrogens is 347 g/mol. The van der Waals surface area contributed by atoms with E-state index in [1.54, 1.807) is 0 Å². The minimum absolute atomic E-state index is 0.0641. The molecule has 0 saturated heterocycles. The molecule has 0 radical (unpaired) electrons. The summed E-state index contributed by atoms with van der Waals surface area (Å²) in [5, 5.41) is 0.253. The molecule has 0 amide bonds. The molecule has 0 N–H and O–H groups in total. The van der Waals surface area contributed by atoms with Crippen LogP contribution in [0, 0.1) is 0 Å². The van der Waals surface area contributed by atoms with E-state index < -0.39 is 0 Å². The summed E-state index contributed by atoms with van der Waals surface area (Å²) in [6.45, 7) is 4.21. The fraction of sp³-hybridized carbons (Fsp3) is 0.700. The summed E-state index contributed by atoms with van der Waals surface area (Å²) in [6.07, 6.45) is 23.0. The Morgan fingerprint density at radius 2 is 1.39 bits per heavy atom. The van der Waals surface area contributed by atoms with Crippen LogP contribution in [0.25, 0.3) is 0 Å². The summed E-state index contributed by atoms with van der Waals surface area (Å²) in [4.78, 5) is 0. The largest absolute Gasteiger partial charge is 0.123 e. The van der Waals surface area contributed by atoms with Crippen molar-refractivity contribution in [2.24, 2.45) is 0 Å². The van der Waals surface area contributed by atoms with Gasteiger partial charge < -0.3 is 0 Å². The van der Waals surface area contributed by atoms with E-state index in [9.17, 15) is 0 Å². The zero-order valence-corrected chi connectivity index (χ0v) is 17.0. The lowest BCUT2D eigenvalue weighted by molar-refractivity contribution is 0.637. The van der Waals surface area contributed by atoms with Crippen molar-refractivity contribution in [2.75, 3.05) is 0 Å². The average molecular weight is 380 g/mol. The van der Waals surface area contributed by atoms with Gasteiger partial charge in [-0.15, -0.1) is 34.8 Å². The molecule has 0 nitrogen and oxygen atoms in total. The van der Waals surface area contributed by atoms with Gasteiger partial charge in [0.2, 0.25) is 0 Å². The van der Waals surface area contributed by atoms with Crippen LogP contribution in [-0.4, -0.2) is 16.1 Å². The third-order valence-corrected chi connectivity index (χ3v) is 4.45. The molecule has 0 heterocycles. The first-order chi connectivity index (χ1) is 11.1. The summed E-state index contributed by atoms with van der Waals surface area (Å²) in [6, 6.07) is 0. The Bertz CT molecular complexity index is 332. The van der Waals surface area contributed by atoms with E-state index in [0.29, 0.717) is 0 Å². The van der Waals surface area contributed by atoms with Gasteiger partial charge in [-0.3, -0.25) is 0 Å². The van der Waals surface area contributed by atoms with Crippen molar-refractivity contribution >= 4 is 34.8 Å². The average Bonchev–Trinajstić information content (AvgIpc) is 2.47. The molecule has 3 heteroatoms. The van der Waals surface area contributed by atoms with E-state index in [2.05, 4.69) is 37.3 Å². The zero-order chi connectivity index (χ0) is 17.3. The molecular formula is C20H33Cl3. The Kier molecular flexibility index (Phi) is 17.0. The molecule has 0 bridgehead atoms. The van der Waals surface area contributed by atoms with Crippen molar-refractivity contribution in [1.29, 1.82) is 0 Å². The number of rotatable bonds is 14. The van der Waals surface area contributed by atoms with Gasteiger partial charge >= 0.3 is 0 Å². The summed E-state index contributed by atoms with van der Waals surface area (Å²) in [7, 11) is 0. The van der Waals surface area contributed by atoms with E-state index in [1.807, 2.05) is 13.0 Å². The van der Waals surface area contributed by atoms with E-state index >= 15 is 0 Å².